The minimum atomic E-state index is -1.33. The van der Waals surface area contributed by atoms with Crippen molar-refractivity contribution in [2.24, 2.45) is 11.8 Å². The average Bonchev–Trinajstić information content (AvgIpc) is 3.23. The number of carbonyl (C=O) groups is 7. The minimum Gasteiger partial charge on any atom is -0.508 e. The van der Waals surface area contributed by atoms with Gasteiger partial charge in [-0.25, -0.2) is 4.79 Å². The smallest absolute Gasteiger partial charge is 0.326 e. The molecule has 324 valence electrons. The van der Waals surface area contributed by atoms with Gasteiger partial charge >= 0.3 is 5.97 Å². The molecule has 15 heteroatoms. The van der Waals surface area contributed by atoms with Crippen LogP contribution in [0.3, 0.4) is 0 Å². The van der Waals surface area contributed by atoms with E-state index in [-0.39, 0.29) is 50.7 Å². The molecule has 0 fully saturated rings. The molecule has 0 saturated carbocycles. The maximum Gasteiger partial charge on any atom is 0.326 e. The number of ketones is 2. The first-order chi connectivity index (χ1) is 29.0. The standard InChI is InChI=1S/C46H54N4O11/c1-26-20-40(55)43(32-15-17-39(54)34(24-32)33-21-29(12-16-38(33)53)22-35(46(60)61)48-44(26)58)50(4)41(56)19-18-37(52)27(2)47-45(59)36(25-51)49(3)42(57)23-28-10-13-31(14-11-28)30-8-6-5-7-9-30/h5-15,17,21,26-27,32,35-36,38,43,51,53-54H,16,18-20,22-25H2,1-4H3,(H,47,59)(H,48,58)(H,60,61)/t26-,27-,32+,35+,36-,38?,43+/m1/s1. The Balaban J connectivity index is 1.23. The molecule has 2 aromatic rings. The lowest BCUT2D eigenvalue weighted by Crippen LogP contribution is -2.53. The maximum absolute atomic E-state index is 14.1. The van der Waals surface area contributed by atoms with E-state index in [2.05, 4.69) is 10.6 Å². The van der Waals surface area contributed by atoms with Crippen molar-refractivity contribution < 1.29 is 54.0 Å². The lowest BCUT2D eigenvalue weighted by atomic mass is 9.78. The highest BCUT2D eigenvalue weighted by Crippen LogP contribution is 2.37. The highest BCUT2D eigenvalue weighted by atomic mass is 16.4. The fourth-order valence-corrected chi connectivity index (χ4v) is 7.86. The molecule has 0 saturated heterocycles. The van der Waals surface area contributed by atoms with E-state index in [1.165, 1.54) is 38.9 Å². The van der Waals surface area contributed by atoms with Gasteiger partial charge in [0.15, 0.2) is 11.6 Å². The van der Waals surface area contributed by atoms with Gasteiger partial charge in [-0.1, -0.05) is 79.7 Å². The van der Waals surface area contributed by atoms with E-state index in [0.29, 0.717) is 22.3 Å². The van der Waals surface area contributed by atoms with Gasteiger partial charge in [0.05, 0.1) is 31.2 Å². The zero-order chi connectivity index (χ0) is 44.5. The van der Waals surface area contributed by atoms with E-state index in [9.17, 15) is 54.0 Å². The Hall–Kier alpha value is -6.19. The number of aliphatic hydroxyl groups excluding tert-OH is 3. The number of hydrogen-bond donors (Lipinski definition) is 6. The third kappa shape index (κ3) is 11.3. The molecule has 3 aliphatic rings. The second-order valence-electron chi connectivity index (χ2n) is 16.0. The first-order valence-corrected chi connectivity index (χ1v) is 20.3. The molecule has 61 heavy (non-hydrogen) atoms. The number of hydrogen-bond acceptors (Lipinski definition) is 10. The van der Waals surface area contributed by atoms with Gasteiger partial charge in [0.1, 0.15) is 17.8 Å². The summed E-state index contributed by atoms with van der Waals surface area (Å²) in [5, 5.41) is 46.9. The van der Waals surface area contributed by atoms with Crippen LogP contribution in [0.1, 0.15) is 57.9 Å². The molecule has 0 spiro atoms. The fourth-order valence-electron chi connectivity index (χ4n) is 7.86. The minimum absolute atomic E-state index is 0.0287. The van der Waals surface area contributed by atoms with Crippen molar-refractivity contribution in [3.05, 3.63) is 107 Å². The topological polar surface area (TPSA) is 231 Å². The predicted molar refractivity (Wildman–Crippen MR) is 224 cm³/mol. The quantitative estimate of drug-likeness (QED) is 0.172. The van der Waals surface area contributed by atoms with Gasteiger partial charge in [-0.3, -0.25) is 28.8 Å². The summed E-state index contributed by atoms with van der Waals surface area (Å²) < 4.78 is 0. The largest absolute Gasteiger partial charge is 0.508 e. The molecule has 0 radical (unpaired) electrons. The number of allylic oxidation sites excluding steroid dienone is 2. The maximum atomic E-state index is 14.1. The van der Waals surface area contributed by atoms with E-state index in [0.717, 1.165) is 16.0 Å². The van der Waals surface area contributed by atoms with Gasteiger partial charge < -0.3 is 40.9 Å². The Bertz CT molecular complexity index is 2140. The first kappa shape index (κ1) is 45.9. The molecule has 15 nitrogen and oxygen atoms in total. The van der Waals surface area contributed by atoms with Crippen molar-refractivity contribution in [3.8, 4) is 11.1 Å². The third-order valence-electron chi connectivity index (χ3n) is 11.6. The summed E-state index contributed by atoms with van der Waals surface area (Å²) in [6, 6.07) is 12.2. The van der Waals surface area contributed by atoms with Crippen LogP contribution in [0.15, 0.2) is 101 Å². The van der Waals surface area contributed by atoms with Gasteiger partial charge in [0.2, 0.25) is 23.6 Å². The number of amides is 4. The summed E-state index contributed by atoms with van der Waals surface area (Å²) in [5.41, 5.74) is 3.90. The SMILES string of the molecule is C[C@@H]1CC(=O)[C@@H](N(C)C(=O)CCC(=O)[C@@H](C)NC(=O)[C@@H](CO)N(C)C(=O)Cc2ccc(-c3ccccc3)cc2)[C@H]2C=CC(O)=C(C2)C2=CC(=CCC2O)C[C@@H](C(=O)O)NC1=O. The van der Waals surface area contributed by atoms with Gasteiger partial charge in [-0.2, -0.15) is 0 Å². The number of likely N-dealkylation sites (N-methyl/N-ethyl adjacent to an activating group) is 2. The molecule has 0 aromatic heterocycles. The van der Waals surface area contributed by atoms with Gasteiger partial charge in [0.25, 0.3) is 0 Å². The normalized spacial score (nSPS) is 22.7. The fraction of sp³-hybridized carbons (Fsp3) is 0.413. The Labute approximate surface area is 354 Å². The lowest BCUT2D eigenvalue weighted by Gasteiger charge is -2.36. The van der Waals surface area contributed by atoms with Crippen molar-refractivity contribution in [2.45, 2.75) is 89.1 Å². The van der Waals surface area contributed by atoms with Crippen LogP contribution in [0.5, 0.6) is 0 Å². The Kier molecular flexibility index (Phi) is 15.3. The number of carboxylic acid groups (broad SMARTS) is 1. The number of nitrogens with one attached hydrogen (secondary N) is 2. The number of rotatable bonds is 13. The number of fused-ring (bicyclic) bond motifs is 4. The third-order valence-corrected chi connectivity index (χ3v) is 11.6. The van der Waals surface area contributed by atoms with E-state index >= 15 is 0 Å². The number of carbonyl (C=O) groups excluding carboxylic acids is 6. The van der Waals surface area contributed by atoms with Crippen molar-refractivity contribution in [1.82, 2.24) is 20.4 Å². The van der Waals surface area contributed by atoms with Crippen molar-refractivity contribution in [3.63, 3.8) is 0 Å². The van der Waals surface area contributed by atoms with E-state index in [1.807, 2.05) is 54.6 Å². The van der Waals surface area contributed by atoms with Crippen LogP contribution in [0.4, 0.5) is 0 Å². The number of carboxylic acids is 1. The molecule has 7 atom stereocenters. The molecule has 6 N–H and O–H groups in total. The highest BCUT2D eigenvalue weighted by Gasteiger charge is 2.39. The van der Waals surface area contributed by atoms with Crippen LogP contribution in [0.25, 0.3) is 11.1 Å². The van der Waals surface area contributed by atoms with Gasteiger partial charge in [0, 0.05) is 57.2 Å². The van der Waals surface area contributed by atoms with Gasteiger partial charge in [-0.05, 0) is 53.7 Å². The Morgan fingerprint density at radius 1 is 0.918 bits per heavy atom. The average molecular weight is 839 g/mol. The molecule has 1 unspecified atom stereocenters. The summed E-state index contributed by atoms with van der Waals surface area (Å²) in [4.78, 5) is 95.1. The first-order valence-electron chi connectivity index (χ1n) is 20.3. The summed E-state index contributed by atoms with van der Waals surface area (Å²) in [5.74, 6) is -6.62. The van der Waals surface area contributed by atoms with Crippen LogP contribution in [-0.2, 0) is 40.0 Å². The van der Waals surface area contributed by atoms with E-state index in [1.54, 1.807) is 18.2 Å². The second-order valence-corrected chi connectivity index (χ2v) is 16.0. The predicted octanol–water partition coefficient (Wildman–Crippen LogP) is 2.97. The molecule has 4 amide bonds. The van der Waals surface area contributed by atoms with E-state index < -0.39 is 89.9 Å². The molecule has 2 aromatic carbocycles. The van der Waals surface area contributed by atoms with Crippen LogP contribution in [-0.4, -0.2) is 122 Å². The highest BCUT2D eigenvalue weighted by molar-refractivity contribution is 5.96. The Morgan fingerprint density at radius 3 is 2.25 bits per heavy atom. The number of Topliss-reactive ketones (excluding diaryl/α,β-unsaturated/α-hetero) is 2. The summed E-state index contributed by atoms with van der Waals surface area (Å²) in [7, 11) is 2.78. The molecule has 5 rings (SSSR count). The molecular weight excluding hydrogens is 785 g/mol. The molecular formula is C46H54N4O11. The van der Waals surface area contributed by atoms with Crippen molar-refractivity contribution >= 4 is 41.2 Å². The summed E-state index contributed by atoms with van der Waals surface area (Å²) in [6.45, 7) is 2.19. The number of aliphatic hydroxyl groups is 3. The number of aliphatic carboxylic acids is 1. The van der Waals surface area contributed by atoms with Crippen LogP contribution in [0, 0.1) is 11.8 Å². The lowest BCUT2D eigenvalue weighted by molar-refractivity contribution is -0.143. The van der Waals surface area contributed by atoms with Crippen LogP contribution < -0.4 is 10.6 Å². The number of nitrogens with zero attached hydrogens (tertiary/aromatic N) is 2. The molecule has 1 aliphatic heterocycles. The summed E-state index contributed by atoms with van der Waals surface area (Å²) in [6.07, 6.45) is 4.16. The van der Waals surface area contributed by atoms with Crippen molar-refractivity contribution in [2.75, 3.05) is 20.7 Å². The zero-order valence-corrected chi connectivity index (χ0v) is 34.7. The number of benzene rings is 2. The molecule has 1 heterocycles. The van der Waals surface area contributed by atoms with Crippen LogP contribution >= 0.6 is 0 Å². The molecule has 4 bridgehead atoms. The monoisotopic (exact) mass is 838 g/mol. The van der Waals surface area contributed by atoms with E-state index in [4.69, 9.17) is 0 Å². The molecule has 2 aliphatic carbocycles. The zero-order valence-electron chi connectivity index (χ0n) is 34.7. The second kappa shape index (κ2) is 20.4. The van der Waals surface area contributed by atoms with Gasteiger partial charge in [-0.15, -0.1) is 0 Å². The summed E-state index contributed by atoms with van der Waals surface area (Å²) >= 11 is 0. The van der Waals surface area contributed by atoms with Crippen LogP contribution in [0.2, 0.25) is 0 Å². The van der Waals surface area contributed by atoms with Crippen molar-refractivity contribution in [1.29, 1.82) is 0 Å². The Morgan fingerprint density at radius 2 is 1.59 bits per heavy atom.